The zero-order valence-electron chi connectivity index (χ0n) is 15.9. The second-order valence-corrected chi connectivity index (χ2v) is 7.83. The van der Waals surface area contributed by atoms with Crippen LogP contribution < -0.4 is 0 Å². The van der Waals surface area contributed by atoms with E-state index in [-0.39, 0.29) is 17.5 Å². The van der Waals surface area contributed by atoms with E-state index < -0.39 is 0 Å². The highest BCUT2D eigenvalue weighted by Gasteiger charge is 2.29. The average molecular weight is 419 g/mol. The first-order valence-corrected chi connectivity index (χ1v) is 10.3. The van der Waals surface area contributed by atoms with Gasteiger partial charge in [0.15, 0.2) is 11.5 Å². The number of para-hydroxylation sites is 1. The SMILES string of the molecule is O=C(c1ccco1)N1CCN(C(=O)c2nccnc2-c2nc3ccccc3s2)CC1. The van der Waals surface area contributed by atoms with Gasteiger partial charge in [-0.15, -0.1) is 11.3 Å². The summed E-state index contributed by atoms with van der Waals surface area (Å²) in [5, 5.41) is 0.666. The zero-order chi connectivity index (χ0) is 20.5. The van der Waals surface area contributed by atoms with Crippen molar-refractivity contribution in [2.75, 3.05) is 26.2 Å². The van der Waals surface area contributed by atoms with Crippen molar-refractivity contribution >= 4 is 33.4 Å². The number of benzene rings is 1. The number of carbonyl (C=O) groups excluding carboxylic acids is 2. The van der Waals surface area contributed by atoms with Gasteiger partial charge in [-0.1, -0.05) is 12.1 Å². The van der Waals surface area contributed by atoms with Crippen LogP contribution in [0.5, 0.6) is 0 Å². The van der Waals surface area contributed by atoms with Gasteiger partial charge in [0, 0.05) is 38.6 Å². The van der Waals surface area contributed by atoms with Crippen molar-refractivity contribution in [3.05, 3.63) is 66.5 Å². The Hall–Kier alpha value is -3.59. The number of fused-ring (bicyclic) bond motifs is 1. The van der Waals surface area contributed by atoms with Crippen LogP contribution in [0.4, 0.5) is 0 Å². The number of amides is 2. The number of rotatable bonds is 3. The number of hydrogen-bond acceptors (Lipinski definition) is 7. The summed E-state index contributed by atoms with van der Waals surface area (Å²) < 4.78 is 6.22. The normalized spacial score (nSPS) is 14.3. The van der Waals surface area contributed by atoms with Crippen LogP contribution in [0.25, 0.3) is 20.9 Å². The van der Waals surface area contributed by atoms with Gasteiger partial charge in [0.1, 0.15) is 10.7 Å². The van der Waals surface area contributed by atoms with Crippen molar-refractivity contribution in [3.8, 4) is 10.7 Å². The summed E-state index contributed by atoms with van der Waals surface area (Å²) in [7, 11) is 0. The van der Waals surface area contributed by atoms with Crippen molar-refractivity contribution in [1.82, 2.24) is 24.8 Å². The molecule has 8 nitrogen and oxygen atoms in total. The largest absolute Gasteiger partial charge is 0.459 e. The first-order chi connectivity index (χ1) is 14.7. The minimum Gasteiger partial charge on any atom is -0.459 e. The molecule has 4 heterocycles. The smallest absolute Gasteiger partial charge is 0.289 e. The molecule has 0 atom stereocenters. The highest BCUT2D eigenvalue weighted by atomic mass is 32.1. The number of thiazole rings is 1. The third kappa shape index (κ3) is 3.33. The molecule has 1 fully saturated rings. The predicted molar refractivity (Wildman–Crippen MR) is 111 cm³/mol. The Morgan fingerprint density at radius 2 is 1.63 bits per heavy atom. The van der Waals surface area contributed by atoms with Gasteiger partial charge >= 0.3 is 0 Å². The standard InChI is InChI=1S/C21H17N5O3S/c27-20(15-5-3-13-29-15)25-9-11-26(12-10-25)21(28)18-17(22-7-8-23-18)19-24-14-4-1-2-6-16(14)30-19/h1-8,13H,9-12H2. The lowest BCUT2D eigenvalue weighted by Gasteiger charge is -2.34. The Morgan fingerprint density at radius 3 is 2.37 bits per heavy atom. The van der Waals surface area contributed by atoms with Crippen LogP contribution in [0, 0.1) is 0 Å². The van der Waals surface area contributed by atoms with Gasteiger partial charge < -0.3 is 14.2 Å². The van der Waals surface area contributed by atoms with Gasteiger partial charge in [-0.05, 0) is 24.3 Å². The molecule has 30 heavy (non-hydrogen) atoms. The van der Waals surface area contributed by atoms with Crippen LogP contribution in [-0.4, -0.2) is 62.7 Å². The van der Waals surface area contributed by atoms with Gasteiger partial charge in [-0.25, -0.2) is 15.0 Å². The molecule has 0 unspecified atom stereocenters. The summed E-state index contributed by atoms with van der Waals surface area (Å²) in [6, 6.07) is 11.1. The van der Waals surface area contributed by atoms with E-state index >= 15 is 0 Å². The molecule has 9 heteroatoms. The Kier molecular flexibility index (Phi) is 4.72. The van der Waals surface area contributed by atoms with Crippen molar-refractivity contribution < 1.29 is 14.0 Å². The summed E-state index contributed by atoms with van der Waals surface area (Å²) in [6.07, 6.45) is 4.56. The molecule has 0 spiro atoms. The van der Waals surface area contributed by atoms with E-state index in [1.165, 1.54) is 23.8 Å². The van der Waals surface area contributed by atoms with Crippen LogP contribution in [0.3, 0.4) is 0 Å². The lowest BCUT2D eigenvalue weighted by molar-refractivity contribution is 0.0515. The second kappa shape index (κ2) is 7.68. The first kappa shape index (κ1) is 18.4. The minimum atomic E-state index is -0.206. The second-order valence-electron chi connectivity index (χ2n) is 6.80. The Labute approximate surface area is 175 Å². The number of aromatic nitrogens is 3. The van der Waals surface area contributed by atoms with E-state index in [0.717, 1.165) is 10.2 Å². The van der Waals surface area contributed by atoms with Crippen molar-refractivity contribution in [2.24, 2.45) is 0 Å². The third-order valence-corrected chi connectivity index (χ3v) is 6.03. The zero-order valence-corrected chi connectivity index (χ0v) is 16.7. The molecule has 0 bridgehead atoms. The molecule has 1 aliphatic rings. The fourth-order valence-electron chi connectivity index (χ4n) is 3.44. The number of furan rings is 1. The highest BCUT2D eigenvalue weighted by Crippen LogP contribution is 2.30. The topological polar surface area (TPSA) is 92.4 Å². The fraction of sp³-hybridized carbons (Fsp3) is 0.190. The highest BCUT2D eigenvalue weighted by molar-refractivity contribution is 7.21. The minimum absolute atomic E-state index is 0.165. The number of carbonyl (C=O) groups is 2. The van der Waals surface area contributed by atoms with E-state index in [0.29, 0.717) is 42.6 Å². The number of hydrogen-bond donors (Lipinski definition) is 0. The van der Waals surface area contributed by atoms with E-state index in [1.807, 2.05) is 24.3 Å². The summed E-state index contributed by atoms with van der Waals surface area (Å²) in [4.78, 5) is 42.3. The Balaban J connectivity index is 1.35. The van der Waals surface area contributed by atoms with E-state index in [1.54, 1.807) is 28.1 Å². The molecule has 150 valence electrons. The van der Waals surface area contributed by atoms with Crippen LogP contribution >= 0.6 is 11.3 Å². The first-order valence-electron chi connectivity index (χ1n) is 9.50. The molecular weight excluding hydrogens is 402 g/mol. The molecule has 1 aromatic carbocycles. The molecule has 0 N–H and O–H groups in total. The number of piperazine rings is 1. The summed E-state index contributed by atoms with van der Waals surface area (Å²) in [5.74, 6) is -0.0638. The molecule has 0 radical (unpaired) electrons. The summed E-state index contributed by atoms with van der Waals surface area (Å²) in [5.41, 5.74) is 1.63. The van der Waals surface area contributed by atoms with Crippen LogP contribution in [0.1, 0.15) is 21.0 Å². The van der Waals surface area contributed by atoms with Gasteiger partial charge in [-0.3, -0.25) is 9.59 Å². The molecule has 1 aliphatic heterocycles. The quantitative estimate of drug-likeness (QED) is 0.507. The average Bonchev–Trinajstić information content (AvgIpc) is 3.48. The van der Waals surface area contributed by atoms with E-state index in [2.05, 4.69) is 15.0 Å². The summed E-state index contributed by atoms with van der Waals surface area (Å²) in [6.45, 7) is 1.70. The molecular formula is C21H17N5O3S. The monoisotopic (exact) mass is 419 g/mol. The lowest BCUT2D eigenvalue weighted by atomic mass is 10.2. The maximum Gasteiger partial charge on any atom is 0.289 e. The van der Waals surface area contributed by atoms with Gasteiger partial charge in [0.05, 0.1) is 16.5 Å². The lowest BCUT2D eigenvalue weighted by Crippen LogP contribution is -2.50. The maximum absolute atomic E-state index is 13.2. The molecule has 2 amide bonds. The van der Waals surface area contributed by atoms with Crippen molar-refractivity contribution in [2.45, 2.75) is 0 Å². The molecule has 5 rings (SSSR count). The molecule has 0 saturated carbocycles. The Bertz CT molecular complexity index is 1180. The van der Waals surface area contributed by atoms with E-state index in [4.69, 9.17) is 4.42 Å². The van der Waals surface area contributed by atoms with Gasteiger partial charge in [-0.2, -0.15) is 0 Å². The molecule has 4 aromatic rings. The van der Waals surface area contributed by atoms with Crippen LogP contribution in [0.15, 0.2) is 59.5 Å². The fourth-order valence-corrected chi connectivity index (χ4v) is 4.41. The Morgan fingerprint density at radius 1 is 0.900 bits per heavy atom. The molecule has 3 aromatic heterocycles. The third-order valence-electron chi connectivity index (χ3n) is 4.98. The van der Waals surface area contributed by atoms with Crippen molar-refractivity contribution in [3.63, 3.8) is 0 Å². The van der Waals surface area contributed by atoms with Gasteiger partial charge in [0.25, 0.3) is 11.8 Å². The van der Waals surface area contributed by atoms with Crippen LogP contribution in [-0.2, 0) is 0 Å². The predicted octanol–water partition coefficient (Wildman–Crippen LogP) is 2.94. The van der Waals surface area contributed by atoms with Gasteiger partial charge in [0.2, 0.25) is 0 Å². The van der Waals surface area contributed by atoms with E-state index in [9.17, 15) is 9.59 Å². The number of nitrogens with zero attached hydrogens (tertiary/aromatic N) is 5. The van der Waals surface area contributed by atoms with Crippen LogP contribution in [0.2, 0.25) is 0 Å². The van der Waals surface area contributed by atoms with Crippen molar-refractivity contribution in [1.29, 1.82) is 0 Å². The molecule has 1 saturated heterocycles. The summed E-state index contributed by atoms with van der Waals surface area (Å²) >= 11 is 1.48. The maximum atomic E-state index is 13.2. The molecule has 0 aliphatic carbocycles.